The van der Waals surface area contributed by atoms with E-state index < -0.39 is 0 Å². The second kappa shape index (κ2) is 4.49. The number of aromatic nitrogens is 1. The van der Waals surface area contributed by atoms with Crippen molar-refractivity contribution < 1.29 is 9.59 Å². The number of allylic oxidation sites excluding steroid dienone is 2. The molecule has 0 bridgehead atoms. The number of thiazole rings is 1. The molecule has 0 spiro atoms. The van der Waals surface area contributed by atoms with Gasteiger partial charge in [0.1, 0.15) is 0 Å². The molecule has 0 aromatic carbocycles. The van der Waals surface area contributed by atoms with Crippen LogP contribution in [0.1, 0.15) is 23.4 Å². The van der Waals surface area contributed by atoms with Crippen molar-refractivity contribution in [1.82, 2.24) is 10.3 Å². The average molecular weight is 289 g/mol. The van der Waals surface area contributed by atoms with E-state index in [-0.39, 0.29) is 23.7 Å². The molecule has 1 aromatic heterocycles. The lowest BCUT2D eigenvalue weighted by Gasteiger charge is -2.14. The van der Waals surface area contributed by atoms with Crippen LogP contribution in [0.4, 0.5) is 5.13 Å². The second-order valence-electron chi connectivity index (χ2n) is 5.46. The van der Waals surface area contributed by atoms with Crippen molar-refractivity contribution in [2.75, 3.05) is 11.4 Å². The van der Waals surface area contributed by atoms with Crippen LogP contribution in [-0.4, -0.2) is 23.3 Å². The van der Waals surface area contributed by atoms with Gasteiger partial charge in [0.25, 0.3) is 0 Å². The predicted molar refractivity (Wildman–Crippen MR) is 75.4 cm³/mol. The topological polar surface area (TPSA) is 62.3 Å². The lowest BCUT2D eigenvalue weighted by atomic mass is 9.85. The first-order valence-corrected chi connectivity index (χ1v) is 7.79. The first-order valence-electron chi connectivity index (χ1n) is 6.98. The van der Waals surface area contributed by atoms with E-state index in [0.29, 0.717) is 18.0 Å². The Hall–Kier alpha value is -1.53. The Morgan fingerprint density at radius 3 is 2.55 bits per heavy atom. The molecule has 104 valence electrons. The Bertz CT molecular complexity index is 572. The molecule has 0 unspecified atom stereocenters. The maximum Gasteiger partial charge on any atom is 0.239 e. The summed E-state index contributed by atoms with van der Waals surface area (Å²) in [5, 5.41) is 3.86. The number of amides is 2. The Kier molecular flexibility index (Phi) is 2.75. The van der Waals surface area contributed by atoms with Crippen LogP contribution < -0.4 is 10.2 Å². The first-order chi connectivity index (χ1) is 9.75. The molecule has 5 nitrogen and oxygen atoms in total. The molecule has 20 heavy (non-hydrogen) atoms. The zero-order valence-corrected chi connectivity index (χ0v) is 11.8. The van der Waals surface area contributed by atoms with Gasteiger partial charge < -0.3 is 5.32 Å². The Labute approximate surface area is 120 Å². The molecule has 2 atom stereocenters. The van der Waals surface area contributed by atoms with Crippen molar-refractivity contribution >= 4 is 28.3 Å². The van der Waals surface area contributed by atoms with Crippen LogP contribution in [0.25, 0.3) is 0 Å². The molecule has 6 heteroatoms. The summed E-state index contributed by atoms with van der Waals surface area (Å²) in [4.78, 5) is 32.0. The van der Waals surface area contributed by atoms with Gasteiger partial charge in [-0.05, 0) is 12.8 Å². The van der Waals surface area contributed by atoms with E-state index in [1.54, 1.807) is 0 Å². The molecule has 1 fully saturated rings. The largest absolute Gasteiger partial charge is 0.311 e. The number of anilines is 1. The van der Waals surface area contributed by atoms with Crippen molar-refractivity contribution in [2.24, 2.45) is 11.8 Å². The minimum Gasteiger partial charge on any atom is -0.311 e. The summed E-state index contributed by atoms with van der Waals surface area (Å²) in [5.74, 6) is -0.482. The van der Waals surface area contributed by atoms with E-state index in [2.05, 4.69) is 10.3 Å². The number of fused-ring (bicyclic) bond motifs is 2. The maximum absolute atomic E-state index is 12.5. The zero-order chi connectivity index (χ0) is 13.7. The van der Waals surface area contributed by atoms with Crippen molar-refractivity contribution in [3.63, 3.8) is 0 Å². The number of carbonyl (C=O) groups excluding carboxylic acids is 2. The number of rotatable bonds is 1. The predicted octanol–water partition coefficient (Wildman–Crippen LogP) is 1.24. The normalized spacial score (nSPS) is 28.7. The summed E-state index contributed by atoms with van der Waals surface area (Å²) in [5.41, 5.74) is 1.04. The van der Waals surface area contributed by atoms with E-state index >= 15 is 0 Å². The third-order valence-electron chi connectivity index (χ3n) is 4.29. The zero-order valence-electron chi connectivity index (χ0n) is 11.0. The summed E-state index contributed by atoms with van der Waals surface area (Å²) in [6.45, 7) is 1.70. The van der Waals surface area contributed by atoms with E-state index in [4.69, 9.17) is 0 Å². The molecule has 0 radical (unpaired) electrons. The van der Waals surface area contributed by atoms with Gasteiger partial charge in [-0.1, -0.05) is 23.5 Å². The summed E-state index contributed by atoms with van der Waals surface area (Å²) in [6, 6.07) is 0. The fraction of sp³-hybridized carbons (Fsp3) is 0.500. The SMILES string of the molecule is O=C1[C@H]2CC=CC[C@H]2C(=O)N1c1nc2c(s1)CNCC2. The van der Waals surface area contributed by atoms with Gasteiger partial charge in [0, 0.05) is 24.4 Å². The minimum atomic E-state index is -0.174. The molecular weight excluding hydrogens is 274 g/mol. The van der Waals surface area contributed by atoms with Crippen molar-refractivity contribution in [2.45, 2.75) is 25.8 Å². The molecule has 1 saturated heterocycles. The molecule has 4 rings (SSSR count). The lowest BCUT2D eigenvalue weighted by molar-refractivity contribution is -0.122. The molecule has 0 saturated carbocycles. The van der Waals surface area contributed by atoms with Gasteiger partial charge in [0.2, 0.25) is 11.8 Å². The number of hydrogen-bond acceptors (Lipinski definition) is 5. The molecule has 1 N–H and O–H groups in total. The number of nitrogens with zero attached hydrogens (tertiary/aromatic N) is 2. The van der Waals surface area contributed by atoms with Gasteiger partial charge >= 0.3 is 0 Å². The summed E-state index contributed by atoms with van der Waals surface area (Å²) in [7, 11) is 0. The molecule has 2 amide bonds. The molecule has 1 aromatic rings. The lowest BCUT2D eigenvalue weighted by Crippen LogP contribution is -2.30. The maximum atomic E-state index is 12.5. The summed E-state index contributed by atoms with van der Waals surface area (Å²) < 4.78 is 0. The minimum absolute atomic E-state index is 0.0663. The quantitative estimate of drug-likeness (QED) is 0.624. The monoisotopic (exact) mass is 289 g/mol. The van der Waals surface area contributed by atoms with Gasteiger partial charge in [-0.2, -0.15) is 0 Å². The van der Waals surface area contributed by atoms with E-state index in [1.165, 1.54) is 16.2 Å². The van der Waals surface area contributed by atoms with Crippen molar-refractivity contribution in [3.8, 4) is 0 Å². The van der Waals surface area contributed by atoms with Gasteiger partial charge in [-0.15, -0.1) is 0 Å². The van der Waals surface area contributed by atoms with Crippen LogP contribution >= 0.6 is 11.3 Å². The number of imide groups is 1. The van der Waals surface area contributed by atoms with Gasteiger partial charge in [0.05, 0.1) is 17.5 Å². The smallest absolute Gasteiger partial charge is 0.239 e. The van der Waals surface area contributed by atoms with Crippen LogP contribution in [0.3, 0.4) is 0 Å². The molecule has 1 aliphatic carbocycles. The molecular formula is C14H15N3O2S. The van der Waals surface area contributed by atoms with Crippen LogP contribution in [-0.2, 0) is 22.6 Å². The summed E-state index contributed by atoms with van der Waals surface area (Å²) >= 11 is 1.48. The standard InChI is InChI=1S/C14H15N3O2S/c18-12-8-3-1-2-4-9(8)13(19)17(12)14-16-10-5-6-15-7-11(10)20-14/h1-2,8-9,15H,3-7H2/t8-,9+. The number of nitrogens with one attached hydrogen (secondary N) is 1. The van der Waals surface area contributed by atoms with Gasteiger partial charge in [-0.25, -0.2) is 9.88 Å². The fourth-order valence-corrected chi connectivity index (χ4v) is 4.28. The van der Waals surface area contributed by atoms with Crippen molar-refractivity contribution in [3.05, 3.63) is 22.7 Å². The highest BCUT2D eigenvalue weighted by molar-refractivity contribution is 7.16. The number of carbonyl (C=O) groups is 2. The van der Waals surface area contributed by atoms with E-state index in [9.17, 15) is 9.59 Å². The number of hydrogen-bond donors (Lipinski definition) is 1. The Balaban J connectivity index is 1.70. The van der Waals surface area contributed by atoms with Crippen molar-refractivity contribution in [1.29, 1.82) is 0 Å². The van der Waals surface area contributed by atoms with Gasteiger partial charge in [0.15, 0.2) is 5.13 Å². The highest BCUT2D eigenvalue weighted by Crippen LogP contribution is 2.39. The van der Waals surface area contributed by atoms with Crippen LogP contribution in [0.5, 0.6) is 0 Å². The average Bonchev–Trinajstić information content (AvgIpc) is 3.00. The first kappa shape index (κ1) is 12.2. The Morgan fingerprint density at radius 2 is 1.90 bits per heavy atom. The summed E-state index contributed by atoms with van der Waals surface area (Å²) in [6.07, 6.45) is 6.24. The van der Waals surface area contributed by atoms with Gasteiger partial charge in [-0.3, -0.25) is 9.59 Å². The highest BCUT2D eigenvalue weighted by Gasteiger charge is 2.49. The molecule has 2 aliphatic heterocycles. The Morgan fingerprint density at radius 1 is 1.20 bits per heavy atom. The highest BCUT2D eigenvalue weighted by atomic mass is 32.1. The van der Waals surface area contributed by atoms with Crippen LogP contribution in [0, 0.1) is 11.8 Å². The third kappa shape index (κ3) is 1.68. The third-order valence-corrected chi connectivity index (χ3v) is 5.37. The van der Waals surface area contributed by atoms with Crippen LogP contribution in [0.2, 0.25) is 0 Å². The molecule has 3 aliphatic rings. The fourth-order valence-electron chi connectivity index (χ4n) is 3.20. The van der Waals surface area contributed by atoms with E-state index in [1.807, 2.05) is 12.2 Å². The second-order valence-corrected chi connectivity index (χ2v) is 6.52. The van der Waals surface area contributed by atoms with Crippen LogP contribution in [0.15, 0.2) is 12.2 Å². The van der Waals surface area contributed by atoms with E-state index in [0.717, 1.165) is 30.1 Å². The molecule has 3 heterocycles.